The molecule has 1 nitrogen and oxygen atoms in total. The van der Waals surface area contributed by atoms with Crippen LogP contribution in [-0.2, 0) is 4.74 Å². The van der Waals surface area contributed by atoms with Gasteiger partial charge in [0.2, 0.25) is 0 Å². The smallest absolute Gasteiger partial charge is 0.0683 e. The van der Waals surface area contributed by atoms with Crippen LogP contribution in [-0.4, -0.2) is 12.2 Å². The molecule has 3 rings (SSSR count). The highest BCUT2D eigenvalue weighted by Gasteiger charge is 2.48. The van der Waals surface area contributed by atoms with Crippen LogP contribution in [0.25, 0.3) is 0 Å². The zero-order valence-corrected chi connectivity index (χ0v) is 11.2. The SMILES string of the molecule is CCCCOC12CCC(CCC)(CC1)CC2. The minimum Gasteiger partial charge on any atom is -0.375 e. The van der Waals surface area contributed by atoms with Crippen LogP contribution in [0.15, 0.2) is 0 Å². The first-order valence-electron chi connectivity index (χ1n) is 7.38. The van der Waals surface area contributed by atoms with E-state index >= 15 is 0 Å². The second kappa shape index (κ2) is 5.08. The van der Waals surface area contributed by atoms with Crippen molar-refractivity contribution in [3.8, 4) is 0 Å². The van der Waals surface area contributed by atoms with Crippen LogP contribution in [0.2, 0.25) is 0 Å². The predicted molar refractivity (Wildman–Crippen MR) is 68.6 cm³/mol. The summed E-state index contributed by atoms with van der Waals surface area (Å²) in [7, 11) is 0. The molecular formula is C15H28O. The Bertz CT molecular complexity index is 197. The third-order valence-corrected chi connectivity index (χ3v) is 5.02. The predicted octanol–water partition coefficient (Wildman–Crippen LogP) is 4.70. The molecule has 0 aromatic heterocycles. The molecule has 0 unspecified atom stereocenters. The van der Waals surface area contributed by atoms with E-state index in [2.05, 4.69) is 13.8 Å². The van der Waals surface area contributed by atoms with Crippen molar-refractivity contribution in [2.75, 3.05) is 6.61 Å². The van der Waals surface area contributed by atoms with E-state index in [1.54, 1.807) is 0 Å². The number of unbranched alkanes of at least 4 members (excludes halogenated alkanes) is 1. The van der Waals surface area contributed by atoms with Crippen molar-refractivity contribution in [3.63, 3.8) is 0 Å². The van der Waals surface area contributed by atoms with Crippen LogP contribution in [0.4, 0.5) is 0 Å². The van der Waals surface area contributed by atoms with Gasteiger partial charge in [-0.15, -0.1) is 0 Å². The molecule has 0 atom stereocenters. The molecule has 1 heteroatoms. The second-order valence-corrected chi connectivity index (χ2v) is 6.14. The van der Waals surface area contributed by atoms with Crippen molar-refractivity contribution in [2.24, 2.45) is 5.41 Å². The third-order valence-electron chi connectivity index (χ3n) is 5.02. The van der Waals surface area contributed by atoms with Gasteiger partial charge in [-0.3, -0.25) is 0 Å². The van der Waals surface area contributed by atoms with Gasteiger partial charge in [0.05, 0.1) is 5.60 Å². The molecule has 3 aliphatic rings. The number of ether oxygens (including phenoxy) is 1. The first-order valence-corrected chi connectivity index (χ1v) is 7.38. The van der Waals surface area contributed by atoms with Gasteiger partial charge in [-0.1, -0.05) is 26.7 Å². The molecule has 16 heavy (non-hydrogen) atoms. The average molecular weight is 224 g/mol. The summed E-state index contributed by atoms with van der Waals surface area (Å²) in [6, 6.07) is 0. The van der Waals surface area contributed by atoms with E-state index in [0.29, 0.717) is 5.60 Å². The van der Waals surface area contributed by atoms with Crippen molar-refractivity contribution < 1.29 is 4.74 Å². The Kier molecular flexibility index (Phi) is 3.94. The molecule has 0 radical (unpaired) electrons. The van der Waals surface area contributed by atoms with Gasteiger partial charge in [-0.2, -0.15) is 0 Å². The first-order chi connectivity index (χ1) is 7.74. The Morgan fingerprint density at radius 3 is 2.00 bits per heavy atom. The van der Waals surface area contributed by atoms with Crippen molar-refractivity contribution in [1.29, 1.82) is 0 Å². The highest BCUT2D eigenvalue weighted by Crippen LogP contribution is 2.55. The van der Waals surface area contributed by atoms with Gasteiger partial charge in [0.1, 0.15) is 0 Å². The highest BCUT2D eigenvalue weighted by atomic mass is 16.5. The largest absolute Gasteiger partial charge is 0.375 e. The highest BCUT2D eigenvalue weighted by molar-refractivity contribution is 5.00. The van der Waals surface area contributed by atoms with E-state index in [9.17, 15) is 0 Å². The summed E-state index contributed by atoms with van der Waals surface area (Å²) in [6.45, 7) is 5.58. The van der Waals surface area contributed by atoms with Crippen LogP contribution in [0.5, 0.6) is 0 Å². The molecule has 3 saturated carbocycles. The third kappa shape index (κ3) is 2.45. The normalized spacial score (nSPS) is 37.9. The minimum absolute atomic E-state index is 0.310. The van der Waals surface area contributed by atoms with Gasteiger partial charge in [0.25, 0.3) is 0 Å². The molecule has 3 fully saturated rings. The second-order valence-electron chi connectivity index (χ2n) is 6.14. The lowest BCUT2D eigenvalue weighted by Crippen LogP contribution is -2.47. The summed E-state index contributed by atoms with van der Waals surface area (Å²) in [6.07, 6.45) is 13.7. The summed E-state index contributed by atoms with van der Waals surface area (Å²) in [4.78, 5) is 0. The topological polar surface area (TPSA) is 9.23 Å². The molecule has 0 spiro atoms. The lowest BCUT2D eigenvalue weighted by Gasteiger charge is -2.53. The Balaban J connectivity index is 1.85. The van der Waals surface area contributed by atoms with Crippen LogP contribution >= 0.6 is 0 Å². The van der Waals surface area contributed by atoms with Gasteiger partial charge in [-0.05, 0) is 56.8 Å². The Labute approximate surface area is 101 Å². The lowest BCUT2D eigenvalue weighted by atomic mass is 9.57. The molecule has 0 heterocycles. The van der Waals surface area contributed by atoms with Gasteiger partial charge in [0, 0.05) is 6.61 Å². The van der Waals surface area contributed by atoms with Gasteiger partial charge >= 0.3 is 0 Å². The maximum absolute atomic E-state index is 6.22. The summed E-state index contributed by atoms with van der Waals surface area (Å²) in [5, 5.41) is 0. The van der Waals surface area contributed by atoms with Gasteiger partial charge < -0.3 is 4.74 Å². The molecule has 94 valence electrons. The van der Waals surface area contributed by atoms with E-state index in [-0.39, 0.29) is 0 Å². The van der Waals surface area contributed by atoms with Crippen molar-refractivity contribution >= 4 is 0 Å². The minimum atomic E-state index is 0.310. The number of hydrogen-bond donors (Lipinski definition) is 0. The first kappa shape index (κ1) is 12.4. The summed E-state index contributed by atoms with van der Waals surface area (Å²) in [5.74, 6) is 0. The zero-order valence-electron chi connectivity index (χ0n) is 11.2. The number of hydrogen-bond acceptors (Lipinski definition) is 1. The monoisotopic (exact) mass is 224 g/mol. The lowest BCUT2D eigenvalue weighted by molar-refractivity contribution is -0.138. The molecule has 0 N–H and O–H groups in total. The van der Waals surface area contributed by atoms with E-state index in [4.69, 9.17) is 4.74 Å². The Morgan fingerprint density at radius 1 is 0.875 bits per heavy atom. The summed E-state index contributed by atoms with van der Waals surface area (Å²) >= 11 is 0. The van der Waals surface area contributed by atoms with E-state index in [0.717, 1.165) is 12.0 Å². The Morgan fingerprint density at radius 2 is 1.50 bits per heavy atom. The zero-order chi connectivity index (χ0) is 11.5. The van der Waals surface area contributed by atoms with Gasteiger partial charge in [0.15, 0.2) is 0 Å². The quantitative estimate of drug-likeness (QED) is 0.594. The molecule has 0 aromatic rings. The van der Waals surface area contributed by atoms with E-state index < -0.39 is 0 Å². The van der Waals surface area contributed by atoms with Crippen LogP contribution in [0, 0.1) is 5.41 Å². The van der Waals surface area contributed by atoms with E-state index in [1.807, 2.05) is 0 Å². The van der Waals surface area contributed by atoms with Crippen molar-refractivity contribution in [2.45, 2.75) is 83.7 Å². The fourth-order valence-electron chi connectivity index (χ4n) is 3.78. The standard InChI is InChI=1S/C15H28O/c1-3-5-13-16-15-10-7-14(6-4-2,8-11-15)9-12-15/h3-13H2,1-2H3. The van der Waals surface area contributed by atoms with Crippen LogP contribution in [0.3, 0.4) is 0 Å². The summed E-state index contributed by atoms with van der Waals surface area (Å²) < 4.78 is 6.22. The molecule has 2 bridgehead atoms. The number of fused-ring (bicyclic) bond motifs is 3. The number of rotatable bonds is 6. The summed E-state index contributed by atoms with van der Waals surface area (Å²) in [5.41, 5.74) is 1.04. The van der Waals surface area contributed by atoms with Crippen LogP contribution in [0.1, 0.15) is 78.1 Å². The maximum Gasteiger partial charge on any atom is 0.0683 e. The van der Waals surface area contributed by atoms with Crippen molar-refractivity contribution in [1.82, 2.24) is 0 Å². The van der Waals surface area contributed by atoms with Crippen molar-refractivity contribution in [3.05, 3.63) is 0 Å². The van der Waals surface area contributed by atoms with Gasteiger partial charge in [-0.25, -0.2) is 0 Å². The molecule has 3 aliphatic carbocycles. The van der Waals surface area contributed by atoms with E-state index in [1.165, 1.54) is 64.2 Å². The molecule has 0 aromatic carbocycles. The molecule has 0 amide bonds. The molecule has 0 aliphatic heterocycles. The average Bonchev–Trinajstić information content (AvgIpc) is 2.32. The van der Waals surface area contributed by atoms with Crippen LogP contribution < -0.4 is 0 Å². The fourth-order valence-corrected chi connectivity index (χ4v) is 3.78. The molecule has 0 saturated heterocycles. The molecular weight excluding hydrogens is 196 g/mol. The maximum atomic E-state index is 6.22. The Hall–Kier alpha value is -0.0400. The fraction of sp³-hybridized carbons (Fsp3) is 1.00.